The maximum absolute atomic E-state index is 13.9. The summed E-state index contributed by atoms with van der Waals surface area (Å²) in [5.41, 5.74) is 4.58. The van der Waals surface area contributed by atoms with Crippen LogP contribution in [0.4, 0.5) is 26.3 Å². The third-order valence-electron chi connectivity index (χ3n) is 13.9. The lowest BCUT2D eigenvalue weighted by atomic mass is 10.00. The van der Waals surface area contributed by atoms with Crippen molar-refractivity contribution in [1.29, 1.82) is 0 Å². The van der Waals surface area contributed by atoms with Crippen molar-refractivity contribution in [1.82, 2.24) is 19.9 Å². The molecule has 6 aromatic rings. The van der Waals surface area contributed by atoms with E-state index >= 15 is 0 Å². The fraction of sp³-hybridized carbons (Fsp3) is 0.444. The number of hydrogen-bond acceptors (Lipinski definition) is 8. The molecule has 0 aliphatic rings. The molecule has 15 heteroatoms. The van der Waals surface area contributed by atoms with E-state index in [9.17, 15) is 40.7 Å². The number of halogens is 6. The van der Waals surface area contributed by atoms with Crippen LogP contribution < -0.4 is 0 Å². The van der Waals surface area contributed by atoms with Gasteiger partial charge in [-0.1, -0.05) is 200 Å². The molecule has 9 nitrogen and oxygen atoms in total. The summed E-state index contributed by atoms with van der Waals surface area (Å²) in [5, 5.41) is 4.16. The van der Waals surface area contributed by atoms with Crippen LogP contribution in [0.2, 0.25) is 0 Å². The topological polar surface area (TPSA) is 106 Å². The Morgan fingerprint density at radius 2 is 0.833 bits per heavy atom. The molecule has 0 aliphatic heterocycles. The highest BCUT2D eigenvalue weighted by Gasteiger charge is 2.32. The SMILES string of the molecule is CCCCCCCCCCCc1nc(-c2ccc(CN(CC(=O)OC(=O)C(=O)N(Cc3ccc(CCc4ccc(CCCCCCCC)cc4)cc3)Cc3ccc(C(F)(F)F)cc3)Cc3ccc(C(F)(F)F)cc3)cc2)no1. The number of rotatable bonds is 31. The third-order valence-corrected chi connectivity index (χ3v) is 13.9. The summed E-state index contributed by atoms with van der Waals surface area (Å²) >= 11 is 0. The molecule has 6 rings (SSSR count). The van der Waals surface area contributed by atoms with E-state index in [0.29, 0.717) is 46.0 Å². The minimum absolute atomic E-state index is 0.0359. The number of aromatic nitrogens is 2. The number of esters is 2. The highest BCUT2D eigenvalue weighted by atomic mass is 19.4. The molecule has 0 bridgehead atoms. The van der Waals surface area contributed by atoms with Crippen molar-refractivity contribution in [2.75, 3.05) is 6.54 Å². The number of carbonyl (C=O) groups excluding carboxylic acids is 3. The van der Waals surface area contributed by atoms with Gasteiger partial charge in [0.05, 0.1) is 17.7 Å². The first-order valence-corrected chi connectivity index (χ1v) is 27.7. The van der Waals surface area contributed by atoms with Crippen LogP contribution in [0, 0.1) is 0 Å². The van der Waals surface area contributed by atoms with Crippen molar-refractivity contribution in [3.8, 4) is 11.4 Å². The van der Waals surface area contributed by atoms with Crippen molar-refractivity contribution in [3.63, 3.8) is 0 Å². The summed E-state index contributed by atoms with van der Waals surface area (Å²) in [6.07, 6.45) is 12.4. The van der Waals surface area contributed by atoms with Crippen molar-refractivity contribution >= 4 is 17.8 Å². The maximum Gasteiger partial charge on any atom is 0.416 e. The summed E-state index contributed by atoms with van der Waals surface area (Å²) in [7, 11) is 0. The van der Waals surface area contributed by atoms with E-state index in [1.165, 1.54) is 112 Å². The van der Waals surface area contributed by atoms with Crippen LogP contribution >= 0.6 is 0 Å². The Bertz CT molecular complexity index is 2720. The molecule has 1 amide bonds. The Morgan fingerprint density at radius 1 is 0.462 bits per heavy atom. The van der Waals surface area contributed by atoms with Crippen LogP contribution in [-0.4, -0.2) is 44.3 Å². The van der Waals surface area contributed by atoms with E-state index in [1.807, 2.05) is 24.3 Å². The highest BCUT2D eigenvalue weighted by Crippen LogP contribution is 2.31. The molecule has 0 N–H and O–H groups in total. The number of aryl methyl sites for hydroxylation is 4. The molecule has 418 valence electrons. The molecule has 0 spiro atoms. The molecule has 0 atom stereocenters. The fourth-order valence-electron chi connectivity index (χ4n) is 9.32. The van der Waals surface area contributed by atoms with E-state index in [1.54, 1.807) is 29.2 Å². The predicted molar refractivity (Wildman–Crippen MR) is 290 cm³/mol. The first-order chi connectivity index (χ1) is 37.6. The Labute approximate surface area is 455 Å². The van der Waals surface area contributed by atoms with Crippen LogP contribution in [0.5, 0.6) is 0 Å². The number of amides is 1. The van der Waals surface area contributed by atoms with Crippen molar-refractivity contribution in [2.45, 2.75) is 174 Å². The maximum atomic E-state index is 13.9. The number of unbranched alkanes of at least 4 members (excludes halogenated alkanes) is 13. The van der Waals surface area contributed by atoms with Gasteiger partial charge in [0.15, 0.2) is 0 Å². The van der Waals surface area contributed by atoms with Crippen molar-refractivity contribution in [3.05, 3.63) is 177 Å². The van der Waals surface area contributed by atoms with Crippen LogP contribution in [0.15, 0.2) is 126 Å². The quantitative estimate of drug-likeness (QED) is 0.0139. The molecule has 0 fully saturated rings. The summed E-state index contributed by atoms with van der Waals surface area (Å²) in [4.78, 5) is 48.3. The minimum Gasteiger partial charge on any atom is -0.385 e. The summed E-state index contributed by atoms with van der Waals surface area (Å²) in [6.45, 7) is 3.52. The van der Waals surface area contributed by atoms with Gasteiger partial charge in [0, 0.05) is 38.2 Å². The number of nitrogens with zero attached hydrogens (tertiary/aromatic N) is 4. The Balaban J connectivity index is 1.08. The molecule has 0 unspecified atom stereocenters. The van der Waals surface area contributed by atoms with Crippen LogP contribution in [0.25, 0.3) is 11.4 Å². The summed E-state index contributed by atoms with van der Waals surface area (Å²) < 4.78 is 91.4. The summed E-state index contributed by atoms with van der Waals surface area (Å²) in [5.74, 6) is -2.84. The van der Waals surface area contributed by atoms with E-state index in [4.69, 9.17) is 9.26 Å². The average Bonchev–Trinajstić information content (AvgIpc) is 3.91. The number of carbonyl (C=O) groups is 3. The molecule has 5 aromatic carbocycles. The fourth-order valence-corrected chi connectivity index (χ4v) is 9.32. The monoisotopic (exact) mass is 1080 g/mol. The largest absolute Gasteiger partial charge is 0.416 e. The van der Waals surface area contributed by atoms with Gasteiger partial charge in [-0.2, -0.15) is 31.3 Å². The first kappa shape index (κ1) is 60.6. The Hall–Kier alpha value is -6.61. The first-order valence-electron chi connectivity index (χ1n) is 27.7. The molecule has 0 radical (unpaired) electrons. The van der Waals surface area contributed by atoms with Gasteiger partial charge < -0.3 is 14.2 Å². The van der Waals surface area contributed by atoms with Gasteiger partial charge in [-0.25, -0.2) is 4.79 Å². The van der Waals surface area contributed by atoms with Crippen LogP contribution in [-0.2, 0) is 83.3 Å². The summed E-state index contributed by atoms with van der Waals surface area (Å²) in [6, 6.07) is 32.0. The lowest BCUT2D eigenvalue weighted by Crippen LogP contribution is -2.39. The Kier molecular flexibility index (Phi) is 24.2. The second-order valence-electron chi connectivity index (χ2n) is 20.4. The van der Waals surface area contributed by atoms with Crippen LogP contribution in [0.1, 0.15) is 166 Å². The number of hydrogen-bond donors (Lipinski definition) is 0. The van der Waals surface area contributed by atoms with Crippen molar-refractivity contribution in [2.24, 2.45) is 0 Å². The molecule has 78 heavy (non-hydrogen) atoms. The van der Waals surface area contributed by atoms with Gasteiger partial charge in [-0.3, -0.25) is 14.5 Å². The number of benzene rings is 5. The molecule has 1 heterocycles. The predicted octanol–water partition coefficient (Wildman–Crippen LogP) is 15.8. The third kappa shape index (κ3) is 21.0. The van der Waals surface area contributed by atoms with Crippen molar-refractivity contribution < 1.29 is 50.0 Å². The average molecular weight is 1080 g/mol. The molecule has 0 saturated carbocycles. The molecule has 0 aliphatic carbocycles. The van der Waals surface area contributed by atoms with E-state index < -0.39 is 47.9 Å². The highest BCUT2D eigenvalue weighted by molar-refractivity contribution is 6.34. The molecular weight excluding hydrogens is 1010 g/mol. The van der Waals surface area contributed by atoms with E-state index in [-0.39, 0.29) is 26.2 Å². The second kappa shape index (κ2) is 31.1. The van der Waals surface area contributed by atoms with Gasteiger partial charge >= 0.3 is 30.2 Å². The normalized spacial score (nSPS) is 11.8. The van der Waals surface area contributed by atoms with Gasteiger partial charge in [0.1, 0.15) is 0 Å². The number of ether oxygens (including phenoxy) is 1. The molecule has 0 saturated heterocycles. The van der Waals surface area contributed by atoms with Gasteiger partial charge in [0.2, 0.25) is 11.7 Å². The van der Waals surface area contributed by atoms with Gasteiger partial charge in [-0.05, 0) is 95.3 Å². The molecular formula is C63H74F6N4O5. The van der Waals surface area contributed by atoms with E-state index in [2.05, 4.69) is 48.3 Å². The zero-order valence-electron chi connectivity index (χ0n) is 45.1. The smallest absolute Gasteiger partial charge is 0.385 e. The number of alkyl halides is 6. The lowest BCUT2D eigenvalue weighted by molar-refractivity contribution is -0.169. The zero-order valence-corrected chi connectivity index (χ0v) is 45.1. The minimum atomic E-state index is -4.59. The lowest BCUT2D eigenvalue weighted by Gasteiger charge is -2.23. The zero-order chi connectivity index (χ0) is 55.8. The van der Waals surface area contributed by atoms with E-state index in [0.717, 1.165) is 73.3 Å². The van der Waals surface area contributed by atoms with Gasteiger partial charge in [0.25, 0.3) is 0 Å². The Morgan fingerprint density at radius 3 is 1.28 bits per heavy atom. The standard InChI is InChI=1S/C63H74F6N4O5/c1-3-5-7-9-11-12-13-15-17-19-57-70-59(71-78-57)54-36-30-50(31-37-54)42-72(43-51-32-38-55(39-33-51)62(64,65)66)46-58(74)77-61(76)60(75)73(45-53-34-40-56(41-35-53)63(67,68)69)44-52-28-26-49(27-29-52)25-24-48-22-20-47(21-23-48)18-16-14-10-8-6-4-2/h20-23,26-41H,3-19,24-25,42-46H2,1-2H3. The van der Waals surface area contributed by atoms with Gasteiger partial charge in [-0.15, -0.1) is 0 Å². The van der Waals surface area contributed by atoms with Crippen LogP contribution in [0.3, 0.4) is 0 Å². The molecule has 1 aromatic heterocycles. The second-order valence-corrected chi connectivity index (χ2v) is 20.4.